The molecule has 2 aromatic carbocycles. The largest absolute Gasteiger partial charge is 0.505 e. The molecule has 0 fully saturated rings. The number of nitrogens with one attached hydrogen (secondary N) is 2. The van der Waals surface area contributed by atoms with Crippen LogP contribution in [0.2, 0.25) is 5.02 Å². The van der Waals surface area contributed by atoms with E-state index in [-0.39, 0.29) is 18.0 Å². The fourth-order valence-corrected chi connectivity index (χ4v) is 5.21. The van der Waals surface area contributed by atoms with Crippen molar-refractivity contribution < 1.29 is 29.3 Å². The molecular formula is C30H34ClN3O7. The number of carboxylic acids is 1. The molecule has 41 heavy (non-hydrogen) atoms. The van der Waals surface area contributed by atoms with Gasteiger partial charge in [-0.15, -0.1) is 0 Å². The summed E-state index contributed by atoms with van der Waals surface area (Å²) in [6.07, 6.45) is 2.24. The van der Waals surface area contributed by atoms with Crippen LogP contribution in [0.5, 0.6) is 17.2 Å². The molecule has 0 radical (unpaired) electrons. The number of pyridine rings is 1. The third-order valence-electron chi connectivity index (χ3n) is 6.84. The maximum atomic E-state index is 13.7. The summed E-state index contributed by atoms with van der Waals surface area (Å²) in [5.41, 5.74) is 1.49. The second-order valence-corrected chi connectivity index (χ2v) is 10.1. The van der Waals surface area contributed by atoms with Gasteiger partial charge in [-0.05, 0) is 62.4 Å². The molecule has 1 atom stereocenters. The Hall–Kier alpha value is -4.18. The number of fused-ring (bicyclic) bond motifs is 1. The van der Waals surface area contributed by atoms with Gasteiger partial charge in [0.2, 0.25) is 0 Å². The van der Waals surface area contributed by atoms with Crippen molar-refractivity contribution in [1.82, 2.24) is 9.88 Å². The average Bonchev–Trinajstić information content (AvgIpc) is 3.43. The predicted octanol–water partition coefficient (Wildman–Crippen LogP) is 5.27. The first-order chi connectivity index (χ1) is 19.7. The molecule has 0 aliphatic heterocycles. The predicted molar refractivity (Wildman–Crippen MR) is 155 cm³/mol. The van der Waals surface area contributed by atoms with E-state index < -0.39 is 30.0 Å². The topological polar surface area (TPSA) is 139 Å². The van der Waals surface area contributed by atoms with Crippen LogP contribution in [0.1, 0.15) is 61.5 Å². The Kier molecular flexibility index (Phi) is 9.78. The van der Waals surface area contributed by atoms with Crippen molar-refractivity contribution in [3.05, 3.63) is 80.2 Å². The molecule has 3 aromatic rings. The van der Waals surface area contributed by atoms with Crippen LogP contribution >= 0.6 is 11.6 Å². The molecule has 4 rings (SSSR count). The summed E-state index contributed by atoms with van der Waals surface area (Å²) in [4.78, 5) is 38.5. The van der Waals surface area contributed by atoms with E-state index in [4.69, 9.17) is 21.1 Å². The third-order valence-corrected chi connectivity index (χ3v) is 7.20. The lowest BCUT2D eigenvalue weighted by molar-refractivity contribution is -0.137. The molecule has 218 valence electrons. The fourth-order valence-electron chi connectivity index (χ4n) is 4.99. The van der Waals surface area contributed by atoms with Gasteiger partial charge in [0.05, 0.1) is 32.2 Å². The van der Waals surface area contributed by atoms with Gasteiger partial charge < -0.3 is 34.9 Å². The molecule has 0 bridgehead atoms. The average molecular weight is 584 g/mol. The highest BCUT2D eigenvalue weighted by molar-refractivity contribution is 6.31. The van der Waals surface area contributed by atoms with Crippen LogP contribution in [0.3, 0.4) is 0 Å². The second kappa shape index (κ2) is 13.5. The maximum absolute atomic E-state index is 13.7. The summed E-state index contributed by atoms with van der Waals surface area (Å²) in [7, 11) is 0. The first-order valence-corrected chi connectivity index (χ1v) is 14.0. The van der Waals surface area contributed by atoms with Crippen molar-refractivity contribution in [2.75, 3.05) is 18.5 Å². The van der Waals surface area contributed by atoms with Crippen molar-refractivity contribution in [2.24, 2.45) is 0 Å². The number of rotatable bonds is 12. The lowest BCUT2D eigenvalue weighted by atomic mass is 10.0. The minimum absolute atomic E-state index is 0.0823. The highest BCUT2D eigenvalue weighted by Gasteiger charge is 2.28. The lowest BCUT2D eigenvalue weighted by Crippen LogP contribution is -2.37. The van der Waals surface area contributed by atoms with Crippen molar-refractivity contribution in [2.45, 2.75) is 58.5 Å². The van der Waals surface area contributed by atoms with Gasteiger partial charge in [0, 0.05) is 21.8 Å². The summed E-state index contributed by atoms with van der Waals surface area (Å²) in [5, 5.41) is 26.1. The van der Waals surface area contributed by atoms with Crippen LogP contribution in [-0.2, 0) is 24.2 Å². The number of aromatic nitrogens is 1. The number of benzene rings is 2. The van der Waals surface area contributed by atoms with E-state index in [0.717, 1.165) is 12.8 Å². The Morgan fingerprint density at radius 1 is 1.12 bits per heavy atom. The van der Waals surface area contributed by atoms with Gasteiger partial charge in [-0.3, -0.25) is 9.59 Å². The molecular weight excluding hydrogens is 550 g/mol. The van der Waals surface area contributed by atoms with Crippen molar-refractivity contribution in [1.29, 1.82) is 0 Å². The molecule has 11 heteroatoms. The molecule has 1 aliphatic rings. The van der Waals surface area contributed by atoms with Gasteiger partial charge in [-0.2, -0.15) is 0 Å². The number of amides is 2. The molecule has 10 nitrogen and oxygen atoms in total. The van der Waals surface area contributed by atoms with Gasteiger partial charge in [-0.1, -0.05) is 36.7 Å². The van der Waals surface area contributed by atoms with E-state index in [9.17, 15) is 24.6 Å². The summed E-state index contributed by atoms with van der Waals surface area (Å²) in [6.45, 7) is 4.80. The Morgan fingerprint density at radius 2 is 1.90 bits per heavy atom. The molecule has 1 aromatic heterocycles. The quantitative estimate of drug-likeness (QED) is 0.228. The standard InChI is InChI=1S/C30H34ClN3O7/c1-3-14-41-19-9-5-8-18(15-19)23(16-26(35)36)32-30(39)33-27-28(37)20-10-6-12-24(20)34(29(27)38)17-21-22(31)11-7-13-25(21)40-4-2/h5,7-9,11,13,15,23,37H,3-4,6,10,12,14,16-17H2,1-2H3,(H,35,36)(H2,32,33,39)/t23-/m0/s1. The zero-order valence-electron chi connectivity index (χ0n) is 23.0. The number of aromatic hydroxyl groups is 1. The Bertz CT molecular complexity index is 1490. The molecule has 0 saturated carbocycles. The second-order valence-electron chi connectivity index (χ2n) is 9.71. The van der Waals surface area contributed by atoms with Gasteiger partial charge in [0.15, 0.2) is 5.69 Å². The summed E-state index contributed by atoms with van der Waals surface area (Å²) in [5.74, 6) is -0.321. The number of hydrogen-bond acceptors (Lipinski definition) is 6. The normalized spacial score (nSPS) is 12.9. The number of urea groups is 1. The Labute approximate surface area is 242 Å². The minimum atomic E-state index is -1.12. The van der Waals surface area contributed by atoms with Crippen molar-refractivity contribution >= 4 is 29.3 Å². The number of ether oxygens (including phenoxy) is 2. The highest BCUT2D eigenvalue weighted by atomic mass is 35.5. The Morgan fingerprint density at radius 3 is 2.63 bits per heavy atom. The zero-order chi connectivity index (χ0) is 29.5. The van der Waals surface area contributed by atoms with Gasteiger partial charge in [-0.25, -0.2) is 4.79 Å². The Balaban J connectivity index is 1.65. The third kappa shape index (κ3) is 6.94. The number of carbonyl (C=O) groups excluding carboxylic acids is 1. The number of anilines is 1. The zero-order valence-corrected chi connectivity index (χ0v) is 23.8. The number of nitrogens with zero attached hydrogens (tertiary/aromatic N) is 1. The van der Waals surface area contributed by atoms with Crippen LogP contribution in [0.25, 0.3) is 0 Å². The monoisotopic (exact) mass is 583 g/mol. The number of carboxylic acid groups (broad SMARTS) is 1. The number of halogens is 1. The van der Waals surface area contributed by atoms with E-state index in [1.165, 1.54) is 4.57 Å². The van der Waals surface area contributed by atoms with E-state index >= 15 is 0 Å². The molecule has 1 heterocycles. The van der Waals surface area contributed by atoms with Crippen LogP contribution in [0.4, 0.5) is 10.5 Å². The maximum Gasteiger partial charge on any atom is 0.319 e. The molecule has 0 saturated heterocycles. The summed E-state index contributed by atoms with van der Waals surface area (Å²) in [6, 6.07) is 10.3. The smallest absolute Gasteiger partial charge is 0.319 e. The van der Waals surface area contributed by atoms with Gasteiger partial charge in [0.1, 0.15) is 17.2 Å². The molecule has 0 unspecified atom stereocenters. The minimum Gasteiger partial charge on any atom is -0.505 e. The number of hydrogen-bond donors (Lipinski definition) is 4. The summed E-state index contributed by atoms with van der Waals surface area (Å²) >= 11 is 6.49. The van der Waals surface area contributed by atoms with E-state index in [2.05, 4.69) is 10.6 Å². The lowest BCUT2D eigenvalue weighted by Gasteiger charge is -2.21. The fraction of sp³-hybridized carbons (Fsp3) is 0.367. The van der Waals surface area contributed by atoms with Gasteiger partial charge >= 0.3 is 12.0 Å². The SMILES string of the molecule is CCCOc1cccc([C@H](CC(=O)O)NC(=O)Nc2c(O)c3c(n(Cc4c(Cl)cccc4OCC)c2=O)CCC3)c1. The van der Waals surface area contributed by atoms with Crippen LogP contribution < -0.4 is 25.7 Å². The summed E-state index contributed by atoms with van der Waals surface area (Å²) < 4.78 is 12.9. The molecule has 4 N–H and O–H groups in total. The van der Waals surface area contributed by atoms with E-state index in [0.29, 0.717) is 65.0 Å². The first kappa shape index (κ1) is 29.8. The highest BCUT2D eigenvalue weighted by Crippen LogP contribution is 2.35. The van der Waals surface area contributed by atoms with Crippen molar-refractivity contribution in [3.63, 3.8) is 0 Å². The van der Waals surface area contributed by atoms with E-state index in [1.807, 2.05) is 13.8 Å². The molecule has 1 aliphatic carbocycles. The first-order valence-electron chi connectivity index (χ1n) is 13.6. The number of aliphatic carboxylic acids is 1. The molecule has 0 spiro atoms. The van der Waals surface area contributed by atoms with Crippen LogP contribution in [0.15, 0.2) is 47.3 Å². The number of carbonyl (C=O) groups is 2. The van der Waals surface area contributed by atoms with Crippen LogP contribution in [-0.4, -0.2) is 40.0 Å². The molecule has 2 amide bonds. The van der Waals surface area contributed by atoms with Crippen molar-refractivity contribution in [3.8, 4) is 17.2 Å². The van der Waals surface area contributed by atoms with E-state index in [1.54, 1.807) is 42.5 Å². The van der Waals surface area contributed by atoms with Gasteiger partial charge in [0.25, 0.3) is 5.56 Å². The van der Waals surface area contributed by atoms with Crippen LogP contribution in [0, 0.1) is 0 Å².